The number of nitrogens with zero attached hydrogens (tertiary/aromatic N) is 3. The second-order valence-electron chi connectivity index (χ2n) is 8.60. The largest absolute Gasteiger partial charge is 0.467 e. The summed E-state index contributed by atoms with van der Waals surface area (Å²) in [4.78, 5) is 56.3. The SMILES string of the molecule is CCCCn1c(N)c(N(CC(C)C)C(=O)[C@@H]2CC(=O)N(Cc3ccco3)C2)c(=O)[nH]c1=O. The number of anilines is 2. The minimum atomic E-state index is -0.703. The van der Waals surface area contributed by atoms with Crippen molar-refractivity contribution in [2.24, 2.45) is 11.8 Å². The summed E-state index contributed by atoms with van der Waals surface area (Å²) in [6, 6.07) is 3.51. The van der Waals surface area contributed by atoms with Crippen LogP contribution in [0.2, 0.25) is 0 Å². The smallest absolute Gasteiger partial charge is 0.330 e. The molecule has 1 aliphatic heterocycles. The van der Waals surface area contributed by atoms with Crippen molar-refractivity contribution in [2.45, 2.75) is 53.1 Å². The molecule has 2 amide bonds. The van der Waals surface area contributed by atoms with E-state index in [1.54, 1.807) is 17.0 Å². The number of H-pyrrole nitrogens is 1. The first-order chi connectivity index (χ1) is 15.2. The van der Waals surface area contributed by atoms with Gasteiger partial charge in [-0.3, -0.25) is 23.9 Å². The summed E-state index contributed by atoms with van der Waals surface area (Å²) in [5, 5.41) is 0. The van der Waals surface area contributed by atoms with Gasteiger partial charge in [-0.15, -0.1) is 0 Å². The van der Waals surface area contributed by atoms with Crippen LogP contribution in [0.5, 0.6) is 0 Å². The van der Waals surface area contributed by atoms with Gasteiger partial charge in [-0.2, -0.15) is 0 Å². The second kappa shape index (κ2) is 9.88. The van der Waals surface area contributed by atoms with Crippen molar-refractivity contribution < 1.29 is 14.0 Å². The van der Waals surface area contributed by atoms with Crippen molar-refractivity contribution in [3.63, 3.8) is 0 Å². The van der Waals surface area contributed by atoms with E-state index in [2.05, 4.69) is 4.98 Å². The van der Waals surface area contributed by atoms with E-state index in [1.165, 1.54) is 15.7 Å². The monoisotopic (exact) mass is 445 g/mol. The molecule has 1 fully saturated rings. The van der Waals surface area contributed by atoms with Crippen LogP contribution < -0.4 is 21.9 Å². The van der Waals surface area contributed by atoms with Gasteiger partial charge >= 0.3 is 5.69 Å². The topological polar surface area (TPSA) is 135 Å². The summed E-state index contributed by atoms with van der Waals surface area (Å²) >= 11 is 0. The highest BCUT2D eigenvalue weighted by Gasteiger charge is 2.38. The molecule has 2 aromatic rings. The fourth-order valence-electron chi connectivity index (χ4n) is 3.93. The Morgan fingerprint density at radius 3 is 2.72 bits per heavy atom. The average Bonchev–Trinajstić information content (AvgIpc) is 3.36. The normalized spacial score (nSPS) is 16.2. The van der Waals surface area contributed by atoms with E-state index in [0.29, 0.717) is 18.7 Å². The third-order valence-electron chi connectivity index (χ3n) is 5.52. The van der Waals surface area contributed by atoms with Gasteiger partial charge in [-0.1, -0.05) is 27.2 Å². The molecular weight excluding hydrogens is 414 g/mol. The van der Waals surface area contributed by atoms with Crippen molar-refractivity contribution >= 4 is 23.3 Å². The third-order valence-corrected chi connectivity index (χ3v) is 5.52. The molecule has 174 valence electrons. The fraction of sp³-hybridized carbons (Fsp3) is 0.545. The lowest BCUT2D eigenvalue weighted by Gasteiger charge is -2.28. The average molecular weight is 446 g/mol. The summed E-state index contributed by atoms with van der Waals surface area (Å²) in [7, 11) is 0. The van der Waals surface area contributed by atoms with Crippen LogP contribution in [0.15, 0.2) is 32.4 Å². The second-order valence-corrected chi connectivity index (χ2v) is 8.60. The first-order valence-corrected chi connectivity index (χ1v) is 11.0. The van der Waals surface area contributed by atoms with Crippen LogP contribution in [0.3, 0.4) is 0 Å². The molecule has 0 radical (unpaired) electrons. The number of nitrogens with one attached hydrogen (secondary N) is 1. The van der Waals surface area contributed by atoms with Gasteiger partial charge in [0.25, 0.3) is 5.56 Å². The van der Waals surface area contributed by atoms with E-state index < -0.39 is 17.2 Å². The molecule has 32 heavy (non-hydrogen) atoms. The Labute approximate surface area is 186 Å². The molecule has 0 saturated carbocycles. The van der Waals surface area contributed by atoms with Gasteiger partial charge in [0.15, 0.2) is 5.69 Å². The number of nitrogens with two attached hydrogens (primary N) is 1. The van der Waals surface area contributed by atoms with E-state index in [0.717, 1.165) is 6.42 Å². The Balaban J connectivity index is 1.92. The molecule has 3 heterocycles. The lowest BCUT2D eigenvalue weighted by molar-refractivity contribution is -0.129. The van der Waals surface area contributed by atoms with Crippen LogP contribution in [-0.4, -0.2) is 39.4 Å². The predicted molar refractivity (Wildman–Crippen MR) is 120 cm³/mol. The van der Waals surface area contributed by atoms with E-state index in [-0.39, 0.29) is 55.3 Å². The highest BCUT2D eigenvalue weighted by molar-refractivity contribution is 6.00. The van der Waals surface area contributed by atoms with Crippen molar-refractivity contribution in [3.05, 3.63) is 45.0 Å². The predicted octanol–water partition coefficient (Wildman–Crippen LogP) is 1.55. The first kappa shape index (κ1) is 23.4. The number of nitrogen functional groups attached to an aromatic ring is 1. The molecule has 1 aliphatic rings. The Kier molecular flexibility index (Phi) is 7.22. The highest BCUT2D eigenvalue weighted by atomic mass is 16.3. The van der Waals surface area contributed by atoms with Crippen LogP contribution >= 0.6 is 0 Å². The fourth-order valence-corrected chi connectivity index (χ4v) is 3.93. The van der Waals surface area contributed by atoms with Crippen molar-refractivity contribution in [1.82, 2.24) is 14.5 Å². The summed E-state index contributed by atoms with van der Waals surface area (Å²) in [5.74, 6) is -0.491. The zero-order valence-electron chi connectivity index (χ0n) is 18.8. The van der Waals surface area contributed by atoms with E-state index in [1.807, 2.05) is 20.8 Å². The number of amides is 2. The number of carbonyl (C=O) groups is 2. The maximum atomic E-state index is 13.5. The molecule has 3 N–H and O–H groups in total. The molecular formula is C22H31N5O5. The molecule has 1 saturated heterocycles. The Morgan fingerprint density at radius 1 is 1.34 bits per heavy atom. The molecule has 0 aliphatic carbocycles. The Hall–Kier alpha value is -3.30. The zero-order chi connectivity index (χ0) is 23.4. The summed E-state index contributed by atoms with van der Waals surface area (Å²) < 4.78 is 6.61. The number of furan rings is 1. The first-order valence-electron chi connectivity index (χ1n) is 11.0. The molecule has 0 aromatic carbocycles. The number of aromatic nitrogens is 2. The molecule has 1 atom stereocenters. The van der Waals surface area contributed by atoms with Gasteiger partial charge in [0.1, 0.15) is 11.6 Å². The van der Waals surface area contributed by atoms with Gasteiger partial charge in [0.05, 0.1) is 18.7 Å². The number of unbranched alkanes of at least 4 members (excludes halogenated alkanes) is 1. The minimum Gasteiger partial charge on any atom is -0.467 e. The summed E-state index contributed by atoms with van der Waals surface area (Å²) in [6.07, 6.45) is 3.12. The van der Waals surface area contributed by atoms with Crippen LogP contribution in [0.25, 0.3) is 0 Å². The molecule has 10 heteroatoms. The molecule has 10 nitrogen and oxygen atoms in total. The van der Waals surface area contributed by atoms with Crippen molar-refractivity contribution in [1.29, 1.82) is 0 Å². The van der Waals surface area contributed by atoms with Gasteiger partial charge in [0, 0.05) is 26.1 Å². The van der Waals surface area contributed by atoms with E-state index in [4.69, 9.17) is 10.2 Å². The number of likely N-dealkylation sites (tertiary alicyclic amines) is 1. The maximum absolute atomic E-state index is 13.5. The lowest BCUT2D eigenvalue weighted by Crippen LogP contribution is -2.45. The van der Waals surface area contributed by atoms with Crippen LogP contribution in [0.4, 0.5) is 11.5 Å². The third kappa shape index (κ3) is 4.95. The van der Waals surface area contributed by atoms with Crippen LogP contribution in [0, 0.1) is 11.8 Å². The molecule has 0 spiro atoms. The van der Waals surface area contributed by atoms with Crippen molar-refractivity contribution in [3.8, 4) is 0 Å². The van der Waals surface area contributed by atoms with E-state index in [9.17, 15) is 19.2 Å². The Morgan fingerprint density at radius 2 is 2.09 bits per heavy atom. The number of rotatable bonds is 9. The van der Waals surface area contributed by atoms with Gasteiger partial charge in [0.2, 0.25) is 11.8 Å². The van der Waals surface area contributed by atoms with Crippen molar-refractivity contribution in [2.75, 3.05) is 23.7 Å². The van der Waals surface area contributed by atoms with Crippen LogP contribution in [0.1, 0.15) is 45.8 Å². The number of hydrogen-bond donors (Lipinski definition) is 2. The summed E-state index contributed by atoms with van der Waals surface area (Å²) in [5.41, 5.74) is 4.91. The number of aromatic amines is 1. The summed E-state index contributed by atoms with van der Waals surface area (Å²) in [6.45, 7) is 6.90. The number of hydrogen-bond acceptors (Lipinski definition) is 6. The molecule has 2 aromatic heterocycles. The van der Waals surface area contributed by atoms with Gasteiger partial charge < -0.3 is 20.0 Å². The highest BCUT2D eigenvalue weighted by Crippen LogP contribution is 2.26. The molecule has 0 bridgehead atoms. The van der Waals surface area contributed by atoms with Crippen LogP contribution in [-0.2, 0) is 22.7 Å². The minimum absolute atomic E-state index is 0.0297. The lowest BCUT2D eigenvalue weighted by atomic mass is 10.1. The maximum Gasteiger partial charge on any atom is 0.330 e. The standard InChI is InChI=1S/C22H31N5O5/c1-4-5-8-26-19(23)18(20(29)24-22(26)31)27(11-14(2)3)21(30)15-10-17(28)25(12-15)13-16-7-6-9-32-16/h6-7,9,14-15H,4-5,8,10-13,23H2,1-3H3,(H,24,29,31)/t15-/m1/s1. The molecule has 0 unspecified atom stereocenters. The van der Waals surface area contributed by atoms with E-state index >= 15 is 0 Å². The quantitative estimate of drug-likeness (QED) is 0.601. The Bertz CT molecular complexity index is 1070. The zero-order valence-corrected chi connectivity index (χ0v) is 18.8. The molecule has 3 rings (SSSR count). The van der Waals surface area contributed by atoms with Gasteiger partial charge in [-0.25, -0.2) is 4.79 Å². The van der Waals surface area contributed by atoms with Gasteiger partial charge in [-0.05, 0) is 24.5 Å². The number of carbonyl (C=O) groups excluding carboxylic acids is 2.